The van der Waals surface area contributed by atoms with Crippen LogP contribution in [-0.2, 0) is 17.6 Å². The number of rotatable bonds is 9. The number of hydrogen-bond donors (Lipinski definition) is 3. The predicted octanol–water partition coefficient (Wildman–Crippen LogP) is 3.06. The molecule has 0 aliphatic heterocycles. The van der Waals surface area contributed by atoms with Crippen LogP contribution < -0.4 is 10.6 Å². The Labute approximate surface area is 183 Å². The molecule has 5 nitrogen and oxygen atoms in total. The van der Waals surface area contributed by atoms with Crippen molar-refractivity contribution < 1.29 is 14.7 Å². The molecule has 0 aliphatic rings. The third-order valence-corrected chi connectivity index (χ3v) is 5.11. The molecule has 0 spiro atoms. The van der Waals surface area contributed by atoms with Gasteiger partial charge in [-0.1, -0.05) is 78.4 Å². The highest BCUT2D eigenvalue weighted by atomic mass is 16.3. The average Bonchev–Trinajstić information content (AvgIpc) is 2.80. The highest BCUT2D eigenvalue weighted by Crippen LogP contribution is 2.08. The molecule has 160 valence electrons. The van der Waals surface area contributed by atoms with Crippen molar-refractivity contribution in [2.75, 3.05) is 6.61 Å². The first-order valence-corrected chi connectivity index (χ1v) is 10.4. The third kappa shape index (κ3) is 6.79. The van der Waals surface area contributed by atoms with Crippen LogP contribution in [0.25, 0.3) is 0 Å². The lowest BCUT2D eigenvalue weighted by Gasteiger charge is -2.23. The van der Waals surface area contributed by atoms with Crippen LogP contribution in [0.1, 0.15) is 27.0 Å². The molecule has 0 unspecified atom stereocenters. The van der Waals surface area contributed by atoms with E-state index in [2.05, 4.69) is 10.6 Å². The second-order valence-corrected chi connectivity index (χ2v) is 7.66. The summed E-state index contributed by atoms with van der Waals surface area (Å²) < 4.78 is 0. The van der Waals surface area contributed by atoms with Crippen molar-refractivity contribution in [2.24, 2.45) is 0 Å². The lowest BCUT2D eigenvalue weighted by molar-refractivity contribution is -0.124. The molecular formula is C26H28N2O3. The van der Waals surface area contributed by atoms with Crippen LogP contribution in [0.3, 0.4) is 0 Å². The summed E-state index contributed by atoms with van der Waals surface area (Å²) in [5.41, 5.74) is 3.52. The maximum absolute atomic E-state index is 13.1. The molecule has 0 heterocycles. The van der Waals surface area contributed by atoms with Crippen molar-refractivity contribution in [1.82, 2.24) is 10.6 Å². The van der Waals surface area contributed by atoms with Gasteiger partial charge >= 0.3 is 0 Å². The van der Waals surface area contributed by atoms with Gasteiger partial charge in [0.15, 0.2) is 0 Å². The van der Waals surface area contributed by atoms with Crippen molar-refractivity contribution in [3.63, 3.8) is 0 Å². The summed E-state index contributed by atoms with van der Waals surface area (Å²) in [6.07, 6.45) is 0.862. The molecule has 3 N–H and O–H groups in total. The quantitative estimate of drug-likeness (QED) is 0.502. The molecule has 31 heavy (non-hydrogen) atoms. The van der Waals surface area contributed by atoms with Crippen molar-refractivity contribution in [3.05, 3.63) is 107 Å². The first-order chi connectivity index (χ1) is 15.0. The maximum Gasteiger partial charge on any atom is 0.251 e. The first-order valence-electron chi connectivity index (χ1n) is 10.4. The highest BCUT2D eigenvalue weighted by Gasteiger charge is 2.24. The number of aliphatic hydroxyl groups excluding tert-OH is 1. The van der Waals surface area contributed by atoms with Crippen LogP contribution in [0.15, 0.2) is 84.9 Å². The Morgan fingerprint density at radius 1 is 0.774 bits per heavy atom. The van der Waals surface area contributed by atoms with Crippen LogP contribution in [0.2, 0.25) is 0 Å². The molecule has 0 bridgehead atoms. The minimum Gasteiger partial charge on any atom is -0.394 e. The zero-order valence-corrected chi connectivity index (χ0v) is 17.6. The largest absolute Gasteiger partial charge is 0.394 e. The zero-order valence-electron chi connectivity index (χ0n) is 17.6. The molecule has 3 rings (SSSR count). The van der Waals surface area contributed by atoms with E-state index in [1.54, 1.807) is 12.1 Å². The molecule has 0 fully saturated rings. The van der Waals surface area contributed by atoms with Crippen molar-refractivity contribution in [2.45, 2.75) is 31.8 Å². The monoisotopic (exact) mass is 416 g/mol. The van der Waals surface area contributed by atoms with Gasteiger partial charge in [-0.25, -0.2) is 0 Å². The van der Waals surface area contributed by atoms with E-state index in [4.69, 9.17) is 0 Å². The van der Waals surface area contributed by atoms with Crippen LogP contribution in [-0.4, -0.2) is 35.6 Å². The SMILES string of the molecule is Cc1ccc(C(=O)N[C@@H](Cc2ccccc2)C(=O)N[C@H](CO)Cc2ccccc2)cc1. The molecular weight excluding hydrogens is 388 g/mol. The summed E-state index contributed by atoms with van der Waals surface area (Å²) >= 11 is 0. The van der Waals surface area contributed by atoms with Gasteiger partial charge in [0.1, 0.15) is 6.04 Å². The summed E-state index contributed by atoms with van der Waals surface area (Å²) in [5, 5.41) is 15.6. The van der Waals surface area contributed by atoms with Gasteiger partial charge in [0.25, 0.3) is 5.91 Å². The van der Waals surface area contributed by atoms with Crippen LogP contribution >= 0.6 is 0 Å². The Morgan fingerprint density at radius 3 is 1.87 bits per heavy atom. The van der Waals surface area contributed by atoms with E-state index in [-0.39, 0.29) is 18.4 Å². The van der Waals surface area contributed by atoms with Gasteiger partial charge in [-0.3, -0.25) is 9.59 Å². The molecule has 2 amide bonds. The van der Waals surface area contributed by atoms with Gasteiger partial charge in [-0.15, -0.1) is 0 Å². The minimum absolute atomic E-state index is 0.190. The van der Waals surface area contributed by atoms with Gasteiger partial charge in [0.05, 0.1) is 12.6 Å². The summed E-state index contributed by atoms with van der Waals surface area (Å²) in [4.78, 5) is 25.9. The number of benzene rings is 3. The summed E-state index contributed by atoms with van der Waals surface area (Å²) in [7, 11) is 0. The number of amides is 2. The van der Waals surface area contributed by atoms with E-state index in [1.165, 1.54) is 0 Å². The average molecular weight is 417 g/mol. The standard InChI is InChI=1S/C26H28N2O3/c1-19-12-14-22(15-13-19)25(30)28-24(17-21-10-6-3-7-11-21)26(31)27-23(18-29)16-20-8-4-2-5-9-20/h2-15,23-24,29H,16-18H2,1H3,(H,27,31)(H,28,30)/t23-,24-/m0/s1. The van der Waals surface area contributed by atoms with Gasteiger partial charge in [0, 0.05) is 12.0 Å². The van der Waals surface area contributed by atoms with E-state index in [9.17, 15) is 14.7 Å². The highest BCUT2D eigenvalue weighted by molar-refractivity contribution is 5.97. The lowest BCUT2D eigenvalue weighted by atomic mass is 10.0. The molecule has 0 aromatic heterocycles. The zero-order chi connectivity index (χ0) is 22.1. The predicted molar refractivity (Wildman–Crippen MR) is 122 cm³/mol. The molecule has 2 atom stereocenters. The van der Waals surface area contributed by atoms with Gasteiger partial charge in [0.2, 0.25) is 5.91 Å². The maximum atomic E-state index is 13.1. The number of nitrogens with one attached hydrogen (secondary N) is 2. The van der Waals surface area contributed by atoms with Crippen molar-refractivity contribution in [3.8, 4) is 0 Å². The van der Waals surface area contributed by atoms with E-state index in [0.717, 1.165) is 16.7 Å². The Balaban J connectivity index is 1.73. The fourth-order valence-electron chi connectivity index (χ4n) is 3.37. The Kier molecular flexibility index (Phi) is 7.96. The Hall–Kier alpha value is -3.44. The molecule has 0 saturated heterocycles. The molecule has 0 radical (unpaired) electrons. The molecule has 3 aromatic rings. The van der Waals surface area contributed by atoms with Crippen LogP contribution in [0.4, 0.5) is 0 Å². The fourth-order valence-corrected chi connectivity index (χ4v) is 3.37. The van der Waals surface area contributed by atoms with E-state index in [0.29, 0.717) is 18.4 Å². The van der Waals surface area contributed by atoms with Crippen molar-refractivity contribution in [1.29, 1.82) is 0 Å². The van der Waals surface area contributed by atoms with Gasteiger partial charge in [-0.05, 0) is 36.6 Å². The topological polar surface area (TPSA) is 78.4 Å². The molecule has 0 saturated carbocycles. The fraction of sp³-hybridized carbons (Fsp3) is 0.231. The second-order valence-electron chi connectivity index (χ2n) is 7.66. The number of hydrogen-bond acceptors (Lipinski definition) is 3. The normalized spacial score (nSPS) is 12.6. The second kappa shape index (κ2) is 11.1. The molecule has 5 heteroatoms. The Morgan fingerprint density at radius 2 is 1.32 bits per heavy atom. The van der Waals surface area contributed by atoms with Crippen LogP contribution in [0, 0.1) is 6.92 Å². The Bertz CT molecular complexity index is 973. The summed E-state index contributed by atoms with van der Waals surface area (Å²) in [5.74, 6) is -0.626. The number of aliphatic hydroxyl groups is 1. The summed E-state index contributed by atoms with van der Waals surface area (Å²) in [6, 6.07) is 25.2. The number of carbonyl (C=O) groups excluding carboxylic acids is 2. The minimum atomic E-state index is -0.763. The van der Waals surface area contributed by atoms with E-state index >= 15 is 0 Å². The van der Waals surface area contributed by atoms with Crippen molar-refractivity contribution >= 4 is 11.8 Å². The van der Waals surface area contributed by atoms with E-state index < -0.39 is 12.1 Å². The summed E-state index contributed by atoms with van der Waals surface area (Å²) in [6.45, 7) is 1.76. The van der Waals surface area contributed by atoms with Gasteiger partial charge < -0.3 is 15.7 Å². The number of aryl methyl sites for hydroxylation is 1. The smallest absolute Gasteiger partial charge is 0.251 e. The first kappa shape index (κ1) is 22.2. The van der Waals surface area contributed by atoms with Crippen LogP contribution in [0.5, 0.6) is 0 Å². The third-order valence-electron chi connectivity index (χ3n) is 5.11. The molecule has 0 aliphatic carbocycles. The lowest BCUT2D eigenvalue weighted by Crippen LogP contribution is -2.52. The van der Waals surface area contributed by atoms with Gasteiger partial charge in [-0.2, -0.15) is 0 Å². The number of carbonyl (C=O) groups is 2. The molecule has 3 aromatic carbocycles. The van der Waals surface area contributed by atoms with E-state index in [1.807, 2.05) is 79.7 Å².